The maximum Gasteiger partial charge on any atom is 0.350 e. The average Bonchev–Trinajstić information content (AvgIpc) is 2.88. The van der Waals surface area contributed by atoms with Crippen molar-refractivity contribution in [3.8, 4) is 5.75 Å². The van der Waals surface area contributed by atoms with Gasteiger partial charge in [-0.15, -0.1) is 5.75 Å². The van der Waals surface area contributed by atoms with Crippen molar-refractivity contribution in [2.45, 2.75) is 119 Å². The minimum Gasteiger partial charge on any atom is -0.872 e. The highest BCUT2D eigenvalue weighted by Crippen LogP contribution is 2.10. The van der Waals surface area contributed by atoms with Gasteiger partial charge in [-0.25, -0.2) is 0 Å². The molecule has 0 amide bonds. The van der Waals surface area contributed by atoms with Crippen LogP contribution in [0.3, 0.4) is 0 Å². The van der Waals surface area contributed by atoms with E-state index in [1.54, 1.807) is 18.1 Å². The van der Waals surface area contributed by atoms with Gasteiger partial charge in [0.1, 0.15) is 0 Å². The van der Waals surface area contributed by atoms with Crippen molar-refractivity contribution < 1.29 is 9.68 Å². The first-order chi connectivity index (χ1) is 17.1. The molecule has 0 aliphatic heterocycles. The van der Waals surface area contributed by atoms with Gasteiger partial charge in [0.25, 0.3) is 0 Å². The van der Waals surface area contributed by atoms with Gasteiger partial charge in [0.2, 0.25) is 0 Å². The Kier molecular flexibility index (Phi) is 22.8. The first-order valence-corrected chi connectivity index (χ1v) is 14.9. The predicted octanol–water partition coefficient (Wildman–Crippen LogP) is 7.52. The van der Waals surface area contributed by atoms with Crippen LogP contribution in [0.25, 0.3) is 0 Å². The topological polar surface area (TPSA) is 32.5 Å². The van der Waals surface area contributed by atoms with E-state index in [0.29, 0.717) is 0 Å². The number of benzene rings is 1. The summed E-state index contributed by atoms with van der Waals surface area (Å²) >= 11 is 0. The molecular weight excluding hydrogens is 430 g/mol. The molecule has 0 saturated heterocycles. The minimum absolute atomic E-state index is 0.0718. The average molecular weight is 490 g/mol. The number of rotatable bonds is 18. The SMILES string of the molecule is CCCCN(CCCC)C(N(CCCC)CCCC)=[N+](CCCC)CCCC.[O-]c1ccccc1. The van der Waals surface area contributed by atoms with Crippen LogP contribution in [0, 0.1) is 0 Å². The molecule has 0 bridgehead atoms. The van der Waals surface area contributed by atoms with Crippen LogP contribution >= 0.6 is 0 Å². The summed E-state index contributed by atoms with van der Waals surface area (Å²) in [4.78, 5) is 5.54. The zero-order chi connectivity index (χ0) is 26.2. The van der Waals surface area contributed by atoms with Gasteiger partial charge in [0.15, 0.2) is 0 Å². The third kappa shape index (κ3) is 16.6. The maximum atomic E-state index is 10.3. The van der Waals surface area contributed by atoms with Gasteiger partial charge in [-0.2, -0.15) is 0 Å². The standard InChI is InChI=1S/C25H54N3.C6H6O/c1-7-13-19-26(20-14-8-2)25(27(21-15-9-3)22-16-10-4)28(23-17-11-5)24-18-12-6;7-6-4-2-1-3-5-6/h7-24H2,1-6H3;1-5,7H/q+1;/p-1. The van der Waals surface area contributed by atoms with Crippen LogP contribution in [-0.4, -0.2) is 59.6 Å². The molecule has 0 aliphatic carbocycles. The molecule has 0 heterocycles. The molecule has 0 radical (unpaired) electrons. The van der Waals surface area contributed by atoms with E-state index in [2.05, 4.69) is 55.9 Å². The molecule has 0 unspecified atom stereocenters. The lowest BCUT2D eigenvalue weighted by Crippen LogP contribution is -2.51. The smallest absolute Gasteiger partial charge is 0.350 e. The molecule has 204 valence electrons. The van der Waals surface area contributed by atoms with Gasteiger partial charge >= 0.3 is 5.96 Å². The highest BCUT2D eigenvalue weighted by molar-refractivity contribution is 5.75. The van der Waals surface area contributed by atoms with E-state index in [4.69, 9.17) is 0 Å². The normalized spacial score (nSPS) is 10.5. The van der Waals surface area contributed by atoms with Crippen molar-refractivity contribution in [2.24, 2.45) is 0 Å². The molecule has 0 aromatic heterocycles. The molecule has 1 aromatic carbocycles. The summed E-state index contributed by atoms with van der Waals surface area (Å²) in [6, 6.07) is 8.33. The van der Waals surface area contributed by atoms with Gasteiger partial charge in [-0.05, 0) is 38.5 Å². The summed E-state index contributed by atoms with van der Waals surface area (Å²) < 4.78 is 2.77. The molecule has 0 saturated carbocycles. The predicted molar refractivity (Wildman–Crippen MR) is 153 cm³/mol. The fourth-order valence-electron chi connectivity index (χ4n) is 4.05. The quantitative estimate of drug-likeness (QED) is 0.121. The molecule has 0 spiro atoms. The summed E-state index contributed by atoms with van der Waals surface area (Å²) in [5.74, 6) is 1.65. The van der Waals surface area contributed by atoms with Crippen molar-refractivity contribution >= 4 is 5.96 Å². The highest BCUT2D eigenvalue weighted by atomic mass is 16.3. The Morgan fingerprint density at radius 3 is 1.17 bits per heavy atom. The Morgan fingerprint density at radius 1 is 0.571 bits per heavy atom. The lowest BCUT2D eigenvalue weighted by atomic mass is 10.2. The third-order valence-corrected chi connectivity index (χ3v) is 6.28. The van der Waals surface area contributed by atoms with E-state index in [1.807, 2.05) is 6.07 Å². The number of hydrogen-bond acceptors (Lipinski definition) is 1. The molecular formula is C31H59N3O. The summed E-state index contributed by atoms with van der Waals surface area (Å²) in [6.45, 7) is 21.3. The second kappa shape index (κ2) is 24.0. The van der Waals surface area contributed by atoms with Crippen molar-refractivity contribution in [1.82, 2.24) is 9.80 Å². The molecule has 0 fully saturated rings. The Hall–Kier alpha value is -1.71. The second-order valence-corrected chi connectivity index (χ2v) is 9.70. The number of unbranched alkanes of at least 4 members (excludes halogenated alkanes) is 6. The Bertz CT molecular complexity index is 555. The van der Waals surface area contributed by atoms with Crippen molar-refractivity contribution in [1.29, 1.82) is 0 Å². The molecule has 35 heavy (non-hydrogen) atoms. The van der Waals surface area contributed by atoms with E-state index >= 15 is 0 Å². The van der Waals surface area contributed by atoms with Crippen LogP contribution in [0.15, 0.2) is 30.3 Å². The lowest BCUT2D eigenvalue weighted by Gasteiger charge is -2.31. The van der Waals surface area contributed by atoms with E-state index in [0.717, 1.165) is 0 Å². The monoisotopic (exact) mass is 489 g/mol. The van der Waals surface area contributed by atoms with E-state index in [1.165, 1.54) is 128 Å². The number of nitrogens with zero attached hydrogens (tertiary/aromatic N) is 3. The highest BCUT2D eigenvalue weighted by Gasteiger charge is 2.28. The maximum absolute atomic E-state index is 10.3. The van der Waals surface area contributed by atoms with Crippen LogP contribution < -0.4 is 5.11 Å². The first kappa shape index (κ1) is 33.3. The molecule has 4 nitrogen and oxygen atoms in total. The van der Waals surface area contributed by atoms with Crippen molar-refractivity contribution in [3.63, 3.8) is 0 Å². The largest absolute Gasteiger partial charge is 0.872 e. The number of para-hydroxylation sites is 1. The van der Waals surface area contributed by atoms with Crippen molar-refractivity contribution in [2.75, 3.05) is 39.3 Å². The van der Waals surface area contributed by atoms with Crippen LogP contribution in [0.2, 0.25) is 0 Å². The summed E-state index contributed by atoms with van der Waals surface area (Å²) in [7, 11) is 0. The first-order valence-electron chi connectivity index (χ1n) is 14.9. The molecule has 0 atom stereocenters. The van der Waals surface area contributed by atoms with Crippen LogP contribution in [-0.2, 0) is 0 Å². The van der Waals surface area contributed by atoms with Gasteiger partial charge in [-0.1, -0.05) is 110 Å². The Balaban J connectivity index is 0.00000140. The van der Waals surface area contributed by atoms with Gasteiger partial charge in [0, 0.05) is 0 Å². The fraction of sp³-hybridized carbons (Fsp3) is 0.774. The Labute approximate surface area is 219 Å². The van der Waals surface area contributed by atoms with E-state index < -0.39 is 0 Å². The van der Waals surface area contributed by atoms with Crippen LogP contribution in [0.5, 0.6) is 5.75 Å². The molecule has 1 rings (SSSR count). The zero-order valence-electron chi connectivity index (χ0n) is 24.4. The van der Waals surface area contributed by atoms with Gasteiger partial charge < -0.3 is 5.11 Å². The third-order valence-electron chi connectivity index (χ3n) is 6.28. The van der Waals surface area contributed by atoms with Crippen LogP contribution in [0.1, 0.15) is 119 Å². The molecule has 4 heteroatoms. The van der Waals surface area contributed by atoms with Crippen molar-refractivity contribution in [3.05, 3.63) is 30.3 Å². The fourth-order valence-corrected chi connectivity index (χ4v) is 4.05. The second-order valence-electron chi connectivity index (χ2n) is 9.70. The summed E-state index contributed by atoms with van der Waals surface area (Å²) in [5.41, 5.74) is 0. The molecule has 0 aliphatic rings. The van der Waals surface area contributed by atoms with E-state index in [9.17, 15) is 5.11 Å². The number of hydrogen-bond donors (Lipinski definition) is 0. The number of guanidine groups is 1. The Morgan fingerprint density at radius 2 is 0.914 bits per heavy atom. The van der Waals surface area contributed by atoms with E-state index in [-0.39, 0.29) is 5.75 Å². The van der Waals surface area contributed by atoms with Gasteiger partial charge in [-0.3, -0.25) is 14.4 Å². The zero-order valence-corrected chi connectivity index (χ0v) is 24.4. The lowest BCUT2D eigenvalue weighted by molar-refractivity contribution is -0.539. The molecule has 1 aromatic rings. The minimum atomic E-state index is 0.0718. The summed E-state index contributed by atoms with van der Waals surface area (Å²) in [6.07, 6.45) is 15.5. The van der Waals surface area contributed by atoms with Crippen LogP contribution in [0.4, 0.5) is 0 Å². The van der Waals surface area contributed by atoms with Gasteiger partial charge in [0.05, 0.1) is 39.3 Å². The summed E-state index contributed by atoms with van der Waals surface area (Å²) in [5, 5.41) is 10.3. The molecule has 0 N–H and O–H groups in total.